The largest absolute Gasteiger partial charge is 0.462 e. The standard InChI is InChI=1S/C16H19N5OS2/c17-21-14(11-5-2-1-3-6-11)19-20-16(21)24-10-12-9-23-15(18-12)13-7-4-8-22-13/h4,7-9,11H,1-3,5-6,10,17H2. The monoisotopic (exact) mass is 361 g/mol. The van der Waals surface area contributed by atoms with E-state index in [1.807, 2.05) is 17.5 Å². The van der Waals surface area contributed by atoms with Crippen molar-refractivity contribution in [3.63, 3.8) is 0 Å². The zero-order chi connectivity index (χ0) is 16.4. The number of nitrogen functional groups attached to an aromatic ring is 1. The van der Waals surface area contributed by atoms with Crippen LogP contribution in [0.2, 0.25) is 0 Å². The third-order valence-electron chi connectivity index (χ3n) is 4.29. The number of thioether (sulfide) groups is 1. The van der Waals surface area contributed by atoms with Crippen molar-refractivity contribution in [3.8, 4) is 10.8 Å². The summed E-state index contributed by atoms with van der Waals surface area (Å²) in [7, 11) is 0. The van der Waals surface area contributed by atoms with Crippen LogP contribution in [0.5, 0.6) is 0 Å². The third-order valence-corrected chi connectivity index (χ3v) is 6.18. The predicted octanol–water partition coefficient (Wildman–Crippen LogP) is 4.05. The summed E-state index contributed by atoms with van der Waals surface area (Å²) in [5, 5.41) is 12.3. The average molecular weight is 361 g/mol. The quantitative estimate of drug-likeness (QED) is 0.545. The van der Waals surface area contributed by atoms with E-state index in [4.69, 9.17) is 10.3 Å². The maximum atomic E-state index is 6.22. The van der Waals surface area contributed by atoms with E-state index in [0.29, 0.717) is 5.92 Å². The summed E-state index contributed by atoms with van der Waals surface area (Å²) in [6.07, 6.45) is 7.83. The first kappa shape index (κ1) is 15.7. The minimum atomic E-state index is 0.454. The second kappa shape index (κ2) is 6.98. The van der Waals surface area contributed by atoms with Crippen LogP contribution in [0.1, 0.15) is 49.5 Å². The molecule has 0 atom stereocenters. The molecule has 6 nitrogen and oxygen atoms in total. The molecule has 8 heteroatoms. The lowest BCUT2D eigenvalue weighted by Gasteiger charge is -2.20. The smallest absolute Gasteiger partial charge is 0.210 e. The number of furan rings is 1. The minimum absolute atomic E-state index is 0.454. The Kier molecular flexibility index (Phi) is 4.57. The molecule has 3 aromatic heterocycles. The van der Waals surface area contributed by atoms with Crippen LogP contribution >= 0.6 is 23.1 Å². The summed E-state index contributed by atoms with van der Waals surface area (Å²) in [4.78, 5) is 4.60. The molecule has 0 spiro atoms. The predicted molar refractivity (Wildman–Crippen MR) is 95.4 cm³/mol. The highest BCUT2D eigenvalue weighted by atomic mass is 32.2. The molecule has 0 saturated heterocycles. The molecule has 1 saturated carbocycles. The fourth-order valence-electron chi connectivity index (χ4n) is 3.05. The maximum Gasteiger partial charge on any atom is 0.210 e. The van der Waals surface area contributed by atoms with Crippen molar-refractivity contribution >= 4 is 23.1 Å². The van der Waals surface area contributed by atoms with E-state index < -0.39 is 0 Å². The average Bonchev–Trinajstić information content (AvgIpc) is 3.35. The van der Waals surface area contributed by atoms with Gasteiger partial charge >= 0.3 is 0 Å². The van der Waals surface area contributed by atoms with E-state index in [9.17, 15) is 0 Å². The summed E-state index contributed by atoms with van der Waals surface area (Å²) < 4.78 is 7.05. The van der Waals surface area contributed by atoms with Crippen LogP contribution in [0.4, 0.5) is 0 Å². The summed E-state index contributed by atoms with van der Waals surface area (Å²) in [6, 6.07) is 3.79. The fraction of sp³-hybridized carbons (Fsp3) is 0.438. The Bertz CT molecular complexity index is 789. The van der Waals surface area contributed by atoms with Crippen LogP contribution in [-0.4, -0.2) is 19.9 Å². The highest BCUT2D eigenvalue weighted by molar-refractivity contribution is 7.98. The molecule has 0 bridgehead atoms. The molecular formula is C16H19N5OS2. The van der Waals surface area contributed by atoms with E-state index in [1.54, 1.807) is 34.0 Å². The Balaban J connectivity index is 1.42. The first-order valence-electron chi connectivity index (χ1n) is 8.13. The van der Waals surface area contributed by atoms with Crippen LogP contribution in [0.25, 0.3) is 10.8 Å². The molecule has 3 aromatic rings. The SMILES string of the molecule is Nn1c(SCc2csc(-c3ccco3)n2)nnc1C1CCCCC1. The van der Waals surface area contributed by atoms with E-state index in [-0.39, 0.29) is 0 Å². The lowest BCUT2D eigenvalue weighted by molar-refractivity contribution is 0.421. The molecular weight excluding hydrogens is 342 g/mol. The van der Waals surface area contributed by atoms with Crippen molar-refractivity contribution < 1.29 is 4.42 Å². The van der Waals surface area contributed by atoms with Crippen molar-refractivity contribution in [2.24, 2.45) is 0 Å². The van der Waals surface area contributed by atoms with Gasteiger partial charge < -0.3 is 10.3 Å². The van der Waals surface area contributed by atoms with Gasteiger partial charge in [0.2, 0.25) is 5.16 Å². The van der Waals surface area contributed by atoms with Gasteiger partial charge in [0.25, 0.3) is 0 Å². The van der Waals surface area contributed by atoms with E-state index >= 15 is 0 Å². The second-order valence-corrected chi connectivity index (χ2v) is 7.76. The van der Waals surface area contributed by atoms with Gasteiger partial charge in [-0.2, -0.15) is 0 Å². The van der Waals surface area contributed by atoms with E-state index in [1.165, 1.54) is 32.1 Å². The molecule has 24 heavy (non-hydrogen) atoms. The van der Waals surface area contributed by atoms with Crippen molar-refractivity contribution in [2.45, 2.75) is 48.9 Å². The molecule has 0 radical (unpaired) electrons. The molecule has 3 heterocycles. The Hall–Kier alpha value is -1.80. The molecule has 0 amide bonds. The van der Waals surface area contributed by atoms with E-state index in [2.05, 4.69) is 15.2 Å². The Morgan fingerprint density at radius 3 is 2.96 bits per heavy atom. The fourth-order valence-corrected chi connectivity index (χ4v) is 4.70. The van der Waals surface area contributed by atoms with Crippen LogP contribution in [0.3, 0.4) is 0 Å². The van der Waals surface area contributed by atoms with Crippen LogP contribution in [0, 0.1) is 0 Å². The van der Waals surface area contributed by atoms with Crippen LogP contribution in [0.15, 0.2) is 33.3 Å². The number of rotatable bonds is 5. The van der Waals surface area contributed by atoms with Gasteiger partial charge in [0, 0.05) is 17.1 Å². The molecule has 1 aliphatic carbocycles. The molecule has 0 aromatic carbocycles. The summed E-state index contributed by atoms with van der Waals surface area (Å²) >= 11 is 3.16. The zero-order valence-electron chi connectivity index (χ0n) is 13.2. The summed E-state index contributed by atoms with van der Waals surface area (Å²) in [5.41, 5.74) is 0.999. The number of nitrogens with zero attached hydrogens (tertiary/aromatic N) is 4. The zero-order valence-corrected chi connectivity index (χ0v) is 14.9. The lowest BCUT2D eigenvalue weighted by atomic mass is 9.89. The normalized spacial score (nSPS) is 15.8. The molecule has 1 aliphatic rings. The van der Waals surface area contributed by atoms with Gasteiger partial charge in [-0.05, 0) is 25.0 Å². The third kappa shape index (κ3) is 3.21. The lowest BCUT2D eigenvalue weighted by Crippen LogP contribution is -2.18. The number of thiazole rings is 1. The Morgan fingerprint density at radius 2 is 2.17 bits per heavy atom. The number of aromatic nitrogens is 4. The van der Waals surface area contributed by atoms with Gasteiger partial charge in [0.15, 0.2) is 16.6 Å². The number of nitrogens with two attached hydrogens (primary N) is 1. The van der Waals surface area contributed by atoms with Crippen molar-refractivity contribution in [1.29, 1.82) is 0 Å². The van der Waals surface area contributed by atoms with Gasteiger partial charge in [0.05, 0.1) is 12.0 Å². The Labute approximate surface area is 148 Å². The first-order chi connectivity index (χ1) is 11.8. The molecule has 0 unspecified atom stereocenters. The molecule has 0 aliphatic heterocycles. The van der Waals surface area contributed by atoms with Crippen LogP contribution < -0.4 is 5.84 Å². The van der Waals surface area contributed by atoms with Crippen LogP contribution in [-0.2, 0) is 5.75 Å². The van der Waals surface area contributed by atoms with Gasteiger partial charge in [-0.25, -0.2) is 9.66 Å². The van der Waals surface area contributed by atoms with E-state index in [0.717, 1.165) is 33.2 Å². The number of hydrogen-bond donors (Lipinski definition) is 1. The molecule has 1 fully saturated rings. The Morgan fingerprint density at radius 1 is 1.29 bits per heavy atom. The summed E-state index contributed by atoms with van der Waals surface area (Å²) in [6.45, 7) is 0. The highest BCUT2D eigenvalue weighted by Gasteiger charge is 2.22. The van der Waals surface area contributed by atoms with Gasteiger partial charge in [-0.1, -0.05) is 31.0 Å². The maximum absolute atomic E-state index is 6.22. The molecule has 4 rings (SSSR count). The summed E-state index contributed by atoms with van der Waals surface area (Å²) in [5.74, 6) is 9.12. The van der Waals surface area contributed by atoms with Gasteiger partial charge in [0.1, 0.15) is 0 Å². The van der Waals surface area contributed by atoms with Crippen molar-refractivity contribution in [2.75, 3.05) is 5.84 Å². The van der Waals surface area contributed by atoms with Crippen molar-refractivity contribution in [1.82, 2.24) is 19.9 Å². The topological polar surface area (TPSA) is 82.8 Å². The highest BCUT2D eigenvalue weighted by Crippen LogP contribution is 2.33. The second-order valence-electron chi connectivity index (χ2n) is 5.96. The van der Waals surface area contributed by atoms with Gasteiger partial charge in [-0.15, -0.1) is 21.5 Å². The minimum Gasteiger partial charge on any atom is -0.462 e. The van der Waals surface area contributed by atoms with Gasteiger partial charge in [-0.3, -0.25) is 0 Å². The molecule has 126 valence electrons. The molecule has 2 N–H and O–H groups in total. The first-order valence-corrected chi connectivity index (χ1v) is 9.99. The number of hydrogen-bond acceptors (Lipinski definition) is 7. The van der Waals surface area contributed by atoms with Crippen molar-refractivity contribution in [3.05, 3.63) is 35.3 Å².